The van der Waals surface area contributed by atoms with Crippen LogP contribution in [0.25, 0.3) is 0 Å². The monoisotopic (exact) mass is 225 g/mol. The molecule has 1 N–H and O–H groups in total. The molecule has 0 bridgehead atoms. The van der Waals surface area contributed by atoms with E-state index in [1.54, 1.807) is 0 Å². The van der Waals surface area contributed by atoms with Crippen molar-refractivity contribution >= 4 is 11.4 Å². The second kappa shape index (κ2) is 4.62. The summed E-state index contributed by atoms with van der Waals surface area (Å²) >= 11 is 0. The second-order valence-electron chi connectivity index (χ2n) is 4.76. The number of rotatable bonds is 2. The van der Waals surface area contributed by atoms with Gasteiger partial charge in [0.15, 0.2) is 0 Å². The molecule has 0 radical (unpaired) electrons. The van der Waals surface area contributed by atoms with E-state index in [-0.39, 0.29) is 0 Å². The predicted molar refractivity (Wildman–Crippen MR) is 75.1 cm³/mol. The van der Waals surface area contributed by atoms with Gasteiger partial charge in [-0.1, -0.05) is 24.3 Å². The van der Waals surface area contributed by atoms with E-state index in [0.717, 1.165) is 0 Å². The fourth-order valence-electron chi connectivity index (χ4n) is 1.89. The zero-order valence-electron chi connectivity index (χ0n) is 11.0. The van der Waals surface area contributed by atoms with Crippen LogP contribution in [0.1, 0.15) is 22.3 Å². The molecule has 0 atom stereocenters. The summed E-state index contributed by atoms with van der Waals surface area (Å²) in [4.78, 5) is 0. The van der Waals surface area contributed by atoms with Gasteiger partial charge >= 0.3 is 0 Å². The first-order chi connectivity index (χ1) is 8.06. The van der Waals surface area contributed by atoms with E-state index in [4.69, 9.17) is 0 Å². The summed E-state index contributed by atoms with van der Waals surface area (Å²) in [6.07, 6.45) is 0. The molecule has 1 nitrogen and oxygen atoms in total. The maximum absolute atomic E-state index is 3.52. The van der Waals surface area contributed by atoms with E-state index in [1.165, 1.54) is 33.6 Å². The lowest BCUT2D eigenvalue weighted by atomic mass is 10.1. The number of aryl methyl sites for hydroxylation is 4. The lowest BCUT2D eigenvalue weighted by molar-refractivity contribution is 1.34. The predicted octanol–water partition coefficient (Wildman–Crippen LogP) is 4.66. The summed E-state index contributed by atoms with van der Waals surface area (Å²) in [6.45, 7) is 8.50. The highest BCUT2D eigenvalue weighted by atomic mass is 14.9. The molecular formula is C16H19N. The Hall–Kier alpha value is -1.76. The van der Waals surface area contributed by atoms with Crippen molar-refractivity contribution in [2.75, 3.05) is 5.32 Å². The zero-order chi connectivity index (χ0) is 12.4. The van der Waals surface area contributed by atoms with Gasteiger partial charge in [0.05, 0.1) is 0 Å². The Morgan fingerprint density at radius 1 is 0.647 bits per heavy atom. The molecule has 0 aliphatic heterocycles. The molecule has 1 heteroatoms. The van der Waals surface area contributed by atoms with Crippen LogP contribution in [0, 0.1) is 27.7 Å². The van der Waals surface area contributed by atoms with Gasteiger partial charge in [0.1, 0.15) is 0 Å². The van der Waals surface area contributed by atoms with Gasteiger partial charge in [-0.25, -0.2) is 0 Å². The first kappa shape index (κ1) is 11.7. The van der Waals surface area contributed by atoms with Crippen LogP contribution in [0.5, 0.6) is 0 Å². The Kier molecular flexibility index (Phi) is 3.19. The minimum Gasteiger partial charge on any atom is -0.355 e. The number of nitrogens with one attached hydrogen (secondary N) is 1. The van der Waals surface area contributed by atoms with Crippen molar-refractivity contribution in [2.45, 2.75) is 27.7 Å². The normalized spacial score (nSPS) is 10.4. The first-order valence-corrected chi connectivity index (χ1v) is 5.98. The Balaban J connectivity index is 2.37. The molecular weight excluding hydrogens is 206 g/mol. The van der Waals surface area contributed by atoms with Crippen molar-refractivity contribution in [2.24, 2.45) is 0 Å². The van der Waals surface area contributed by atoms with Crippen LogP contribution in [-0.4, -0.2) is 0 Å². The Labute approximate surface area is 103 Å². The Morgan fingerprint density at radius 3 is 1.47 bits per heavy atom. The van der Waals surface area contributed by atoms with Crippen molar-refractivity contribution in [3.63, 3.8) is 0 Å². The van der Waals surface area contributed by atoms with Gasteiger partial charge in [-0.2, -0.15) is 0 Å². The van der Waals surface area contributed by atoms with Crippen molar-refractivity contribution in [3.8, 4) is 0 Å². The summed E-state index contributed by atoms with van der Waals surface area (Å²) in [7, 11) is 0. The molecule has 0 fully saturated rings. The van der Waals surface area contributed by atoms with Crippen molar-refractivity contribution in [1.29, 1.82) is 0 Å². The lowest BCUT2D eigenvalue weighted by Crippen LogP contribution is -1.96. The molecule has 0 saturated heterocycles. The average Bonchev–Trinajstić information content (AvgIpc) is 2.28. The topological polar surface area (TPSA) is 12.0 Å². The summed E-state index contributed by atoms with van der Waals surface area (Å²) in [5.41, 5.74) is 7.50. The Bertz CT molecular complexity index is 492. The summed E-state index contributed by atoms with van der Waals surface area (Å²) in [6, 6.07) is 13.0. The largest absolute Gasteiger partial charge is 0.355 e. The molecule has 0 amide bonds. The maximum atomic E-state index is 3.52. The van der Waals surface area contributed by atoms with Gasteiger partial charge in [-0.3, -0.25) is 0 Å². The third-order valence-electron chi connectivity index (χ3n) is 3.06. The quantitative estimate of drug-likeness (QED) is 0.783. The molecule has 2 aromatic rings. The smallest absolute Gasteiger partial charge is 0.0416 e. The fourth-order valence-corrected chi connectivity index (χ4v) is 1.89. The lowest BCUT2D eigenvalue weighted by Gasteiger charge is -2.13. The van der Waals surface area contributed by atoms with E-state index in [9.17, 15) is 0 Å². The third kappa shape index (κ3) is 2.68. The highest BCUT2D eigenvalue weighted by Crippen LogP contribution is 2.24. The van der Waals surface area contributed by atoms with Gasteiger partial charge < -0.3 is 5.32 Å². The van der Waals surface area contributed by atoms with Crippen LogP contribution in [0.4, 0.5) is 11.4 Å². The highest BCUT2D eigenvalue weighted by molar-refractivity contribution is 5.66. The van der Waals surface area contributed by atoms with E-state index >= 15 is 0 Å². The minimum absolute atomic E-state index is 1.19. The molecule has 2 rings (SSSR count). The average molecular weight is 225 g/mol. The summed E-state index contributed by atoms with van der Waals surface area (Å²) in [5.74, 6) is 0. The summed E-state index contributed by atoms with van der Waals surface area (Å²) in [5, 5.41) is 3.52. The third-order valence-corrected chi connectivity index (χ3v) is 3.06. The van der Waals surface area contributed by atoms with Crippen LogP contribution in [0.2, 0.25) is 0 Å². The zero-order valence-corrected chi connectivity index (χ0v) is 11.0. The van der Waals surface area contributed by atoms with E-state index < -0.39 is 0 Å². The van der Waals surface area contributed by atoms with Crippen LogP contribution in [0.15, 0.2) is 36.4 Å². The molecule has 0 aliphatic rings. The van der Waals surface area contributed by atoms with E-state index in [0.29, 0.717) is 0 Å². The first-order valence-electron chi connectivity index (χ1n) is 5.98. The van der Waals surface area contributed by atoms with Crippen molar-refractivity contribution < 1.29 is 0 Å². The van der Waals surface area contributed by atoms with Crippen molar-refractivity contribution in [3.05, 3.63) is 58.7 Å². The van der Waals surface area contributed by atoms with Crippen LogP contribution >= 0.6 is 0 Å². The molecule has 0 aliphatic carbocycles. The fraction of sp³-hybridized carbons (Fsp3) is 0.250. The minimum atomic E-state index is 1.19. The van der Waals surface area contributed by atoms with Crippen LogP contribution in [0.3, 0.4) is 0 Å². The van der Waals surface area contributed by atoms with Gasteiger partial charge in [0.25, 0.3) is 0 Å². The molecule has 88 valence electrons. The van der Waals surface area contributed by atoms with Gasteiger partial charge in [0.2, 0.25) is 0 Å². The standard InChI is InChI=1S/C16H19N/c1-11-5-7-13(3)15(9-11)17-16-10-12(2)6-8-14(16)4/h5-10,17H,1-4H3. The molecule has 0 aromatic heterocycles. The number of hydrogen-bond donors (Lipinski definition) is 1. The SMILES string of the molecule is Cc1ccc(C)c(Nc2cc(C)ccc2C)c1. The number of hydrogen-bond acceptors (Lipinski definition) is 1. The molecule has 0 heterocycles. The molecule has 2 aromatic carbocycles. The van der Waals surface area contributed by atoms with E-state index in [1.807, 2.05) is 0 Å². The van der Waals surface area contributed by atoms with Crippen molar-refractivity contribution in [1.82, 2.24) is 0 Å². The van der Waals surface area contributed by atoms with Gasteiger partial charge in [-0.15, -0.1) is 0 Å². The highest BCUT2D eigenvalue weighted by Gasteiger charge is 2.02. The number of anilines is 2. The molecule has 0 unspecified atom stereocenters. The second-order valence-corrected chi connectivity index (χ2v) is 4.76. The Morgan fingerprint density at radius 2 is 1.06 bits per heavy atom. The van der Waals surface area contributed by atoms with Crippen LogP contribution in [-0.2, 0) is 0 Å². The summed E-state index contributed by atoms with van der Waals surface area (Å²) < 4.78 is 0. The number of benzene rings is 2. The molecule has 0 spiro atoms. The molecule has 0 saturated carbocycles. The van der Waals surface area contributed by atoms with Gasteiger partial charge in [-0.05, 0) is 62.1 Å². The van der Waals surface area contributed by atoms with Gasteiger partial charge in [0, 0.05) is 11.4 Å². The maximum Gasteiger partial charge on any atom is 0.0416 e. The molecule has 17 heavy (non-hydrogen) atoms. The van der Waals surface area contributed by atoms with E-state index in [2.05, 4.69) is 69.4 Å². The van der Waals surface area contributed by atoms with Crippen LogP contribution < -0.4 is 5.32 Å².